The predicted molar refractivity (Wildman–Crippen MR) is 133 cm³/mol. The summed E-state index contributed by atoms with van der Waals surface area (Å²) in [4.78, 5) is 18.3. The normalized spacial score (nSPS) is 14.9. The molecule has 1 aliphatic rings. The van der Waals surface area contributed by atoms with Crippen LogP contribution in [0, 0.1) is 0 Å². The predicted octanol–water partition coefficient (Wildman–Crippen LogP) is 5.53. The molecule has 1 unspecified atom stereocenters. The maximum Gasteiger partial charge on any atom is 0.255 e. The van der Waals surface area contributed by atoms with Gasteiger partial charge in [0.25, 0.3) is 5.91 Å². The van der Waals surface area contributed by atoms with Gasteiger partial charge in [-0.3, -0.25) is 4.79 Å². The summed E-state index contributed by atoms with van der Waals surface area (Å²) in [7, 11) is 1.57. The quantitative estimate of drug-likeness (QED) is 0.399. The molecule has 0 bridgehead atoms. The van der Waals surface area contributed by atoms with Gasteiger partial charge in [0, 0.05) is 16.3 Å². The van der Waals surface area contributed by atoms with Crippen LogP contribution in [0.15, 0.2) is 90.1 Å². The van der Waals surface area contributed by atoms with E-state index in [0.717, 1.165) is 11.1 Å². The second kappa shape index (κ2) is 9.03. The van der Waals surface area contributed by atoms with Gasteiger partial charge in [-0.25, -0.2) is 4.68 Å². The average molecular weight is 472 g/mol. The van der Waals surface area contributed by atoms with Crippen LogP contribution in [0.3, 0.4) is 0 Å². The van der Waals surface area contributed by atoms with Crippen molar-refractivity contribution in [3.8, 4) is 17.1 Å². The molecule has 8 heteroatoms. The Bertz CT molecular complexity index is 1380. The summed E-state index contributed by atoms with van der Waals surface area (Å²) in [5.41, 5.74) is 3.58. The van der Waals surface area contributed by atoms with Gasteiger partial charge in [0.2, 0.25) is 5.95 Å². The van der Waals surface area contributed by atoms with Crippen molar-refractivity contribution in [2.75, 3.05) is 17.7 Å². The number of para-hydroxylation sites is 2. The number of rotatable bonds is 5. The van der Waals surface area contributed by atoms with Crippen molar-refractivity contribution in [1.29, 1.82) is 0 Å². The van der Waals surface area contributed by atoms with Crippen LogP contribution >= 0.6 is 11.6 Å². The van der Waals surface area contributed by atoms with Crippen molar-refractivity contribution < 1.29 is 9.53 Å². The second-order valence-corrected chi connectivity index (χ2v) is 8.28. The molecule has 0 aliphatic carbocycles. The molecule has 1 amide bonds. The first-order valence-electron chi connectivity index (χ1n) is 10.7. The summed E-state index contributed by atoms with van der Waals surface area (Å²) in [5.74, 6) is 1.43. The summed E-state index contributed by atoms with van der Waals surface area (Å²) in [5, 5.41) is 11.7. The van der Waals surface area contributed by atoms with E-state index in [9.17, 15) is 4.79 Å². The summed E-state index contributed by atoms with van der Waals surface area (Å²) < 4.78 is 7.16. The number of aromatic nitrogens is 3. The number of hydrogen-bond acceptors (Lipinski definition) is 5. The summed E-state index contributed by atoms with van der Waals surface area (Å²) in [6.07, 6.45) is 0. The number of carbonyl (C=O) groups excluding carboxylic acids is 1. The maximum absolute atomic E-state index is 13.6. The monoisotopic (exact) mass is 471 g/mol. The first-order chi connectivity index (χ1) is 16.5. The van der Waals surface area contributed by atoms with Gasteiger partial charge in [-0.15, -0.1) is 5.10 Å². The van der Waals surface area contributed by atoms with Crippen molar-refractivity contribution in [2.24, 2.45) is 0 Å². The highest BCUT2D eigenvalue weighted by Crippen LogP contribution is 2.37. The second-order valence-electron chi connectivity index (χ2n) is 7.84. The van der Waals surface area contributed by atoms with E-state index < -0.39 is 6.04 Å². The number of ether oxygens (including phenoxy) is 1. The number of methoxy groups -OCH3 is 1. The first kappa shape index (κ1) is 21.7. The molecule has 2 heterocycles. The number of hydrogen-bond donors (Lipinski definition) is 2. The highest BCUT2D eigenvalue weighted by atomic mass is 35.5. The van der Waals surface area contributed by atoms with E-state index in [2.05, 4.69) is 10.6 Å². The summed E-state index contributed by atoms with van der Waals surface area (Å²) in [6, 6.07) is 24.0. The number of halogens is 1. The third-order valence-electron chi connectivity index (χ3n) is 5.67. The molecule has 34 heavy (non-hydrogen) atoms. The van der Waals surface area contributed by atoms with Crippen molar-refractivity contribution in [1.82, 2.24) is 14.8 Å². The van der Waals surface area contributed by atoms with Crippen LogP contribution in [-0.4, -0.2) is 27.8 Å². The zero-order chi connectivity index (χ0) is 23.7. The summed E-state index contributed by atoms with van der Waals surface area (Å²) >= 11 is 6.05. The standard InChI is InChI=1S/C26H22ClN5O2/c1-16-22(25(33)29-20-10-6-7-11-21(20)34-2)23(17-8-4-3-5-9-17)32-26(28-16)30-24(31-32)18-12-14-19(27)15-13-18/h3-15,23H,1-2H3,(H,29,33)(H,28,30,31). The van der Waals surface area contributed by atoms with Crippen LogP contribution in [0.2, 0.25) is 5.02 Å². The number of anilines is 2. The molecule has 1 atom stereocenters. The molecular formula is C26H22ClN5O2. The van der Waals surface area contributed by atoms with Crippen LogP contribution in [0.25, 0.3) is 11.4 Å². The average Bonchev–Trinajstić information content (AvgIpc) is 3.28. The van der Waals surface area contributed by atoms with Gasteiger partial charge < -0.3 is 15.4 Å². The number of fused-ring (bicyclic) bond motifs is 1. The molecule has 3 aromatic carbocycles. The van der Waals surface area contributed by atoms with Gasteiger partial charge in [-0.1, -0.05) is 54.1 Å². The van der Waals surface area contributed by atoms with Gasteiger partial charge >= 0.3 is 0 Å². The Balaban J connectivity index is 1.58. The van der Waals surface area contributed by atoms with E-state index in [1.165, 1.54) is 0 Å². The van der Waals surface area contributed by atoms with E-state index in [1.807, 2.05) is 61.5 Å². The Morgan fingerprint density at radius 2 is 1.74 bits per heavy atom. The van der Waals surface area contributed by atoms with Crippen molar-refractivity contribution in [3.63, 3.8) is 0 Å². The van der Waals surface area contributed by atoms with E-state index >= 15 is 0 Å². The Morgan fingerprint density at radius 1 is 1.03 bits per heavy atom. The van der Waals surface area contributed by atoms with Gasteiger partial charge in [0.15, 0.2) is 5.82 Å². The van der Waals surface area contributed by atoms with Crippen LogP contribution in [0.5, 0.6) is 5.75 Å². The van der Waals surface area contributed by atoms with Crippen molar-refractivity contribution >= 4 is 29.1 Å². The fourth-order valence-corrected chi connectivity index (χ4v) is 4.17. The van der Waals surface area contributed by atoms with E-state index in [4.69, 9.17) is 26.4 Å². The largest absolute Gasteiger partial charge is 0.495 e. The lowest BCUT2D eigenvalue weighted by atomic mass is 9.95. The van der Waals surface area contributed by atoms with Crippen molar-refractivity contribution in [2.45, 2.75) is 13.0 Å². The minimum absolute atomic E-state index is 0.252. The number of benzene rings is 3. The van der Waals surface area contributed by atoms with Gasteiger partial charge in [0.05, 0.1) is 18.4 Å². The molecule has 0 saturated heterocycles. The molecular weight excluding hydrogens is 450 g/mol. The molecule has 4 aromatic rings. The fraction of sp³-hybridized carbons (Fsp3) is 0.115. The van der Waals surface area contributed by atoms with Crippen LogP contribution in [0.1, 0.15) is 18.5 Å². The summed E-state index contributed by atoms with van der Waals surface area (Å²) in [6.45, 7) is 1.87. The molecule has 1 aromatic heterocycles. The molecule has 5 rings (SSSR count). The van der Waals surface area contributed by atoms with E-state index in [0.29, 0.717) is 39.5 Å². The van der Waals surface area contributed by atoms with Crippen LogP contribution in [0.4, 0.5) is 11.6 Å². The first-order valence-corrected chi connectivity index (χ1v) is 11.1. The zero-order valence-electron chi connectivity index (χ0n) is 18.6. The Kier molecular flexibility index (Phi) is 5.77. The molecule has 0 saturated carbocycles. The van der Waals surface area contributed by atoms with E-state index in [-0.39, 0.29) is 5.91 Å². The lowest BCUT2D eigenvalue weighted by Crippen LogP contribution is -2.31. The Labute approximate surface area is 202 Å². The molecule has 1 aliphatic heterocycles. The van der Waals surface area contributed by atoms with Crippen LogP contribution < -0.4 is 15.4 Å². The van der Waals surface area contributed by atoms with Crippen molar-refractivity contribution in [3.05, 3.63) is 101 Å². The molecule has 0 fully saturated rings. The third-order valence-corrected chi connectivity index (χ3v) is 5.92. The fourth-order valence-electron chi connectivity index (χ4n) is 4.05. The molecule has 170 valence electrons. The van der Waals surface area contributed by atoms with E-state index in [1.54, 1.807) is 36.1 Å². The van der Waals surface area contributed by atoms with Gasteiger partial charge in [-0.2, -0.15) is 4.98 Å². The zero-order valence-corrected chi connectivity index (χ0v) is 19.4. The number of allylic oxidation sites excluding steroid dienone is 1. The molecule has 2 N–H and O–H groups in total. The highest BCUT2D eigenvalue weighted by Gasteiger charge is 2.34. The number of nitrogens with zero attached hydrogens (tertiary/aromatic N) is 3. The Hall–Kier alpha value is -4.10. The minimum Gasteiger partial charge on any atom is -0.495 e. The van der Waals surface area contributed by atoms with Crippen LogP contribution in [-0.2, 0) is 4.79 Å². The third kappa shape index (κ3) is 4.02. The Morgan fingerprint density at radius 3 is 2.47 bits per heavy atom. The maximum atomic E-state index is 13.6. The lowest BCUT2D eigenvalue weighted by Gasteiger charge is -2.28. The smallest absolute Gasteiger partial charge is 0.255 e. The number of carbonyl (C=O) groups is 1. The van der Waals surface area contributed by atoms with Gasteiger partial charge in [0.1, 0.15) is 11.8 Å². The SMILES string of the molecule is COc1ccccc1NC(=O)C1=C(C)Nc2nc(-c3ccc(Cl)cc3)nn2C1c1ccccc1. The van der Waals surface area contributed by atoms with Gasteiger partial charge in [-0.05, 0) is 48.9 Å². The lowest BCUT2D eigenvalue weighted by molar-refractivity contribution is -0.113. The highest BCUT2D eigenvalue weighted by molar-refractivity contribution is 6.30. The minimum atomic E-state index is -0.472. The number of amides is 1. The number of nitrogens with one attached hydrogen (secondary N) is 2. The molecule has 0 spiro atoms. The molecule has 7 nitrogen and oxygen atoms in total. The molecule has 0 radical (unpaired) electrons. The topological polar surface area (TPSA) is 81.1 Å².